The van der Waals surface area contributed by atoms with E-state index in [0.717, 1.165) is 6.26 Å². The maximum atomic E-state index is 12.3. The van der Waals surface area contributed by atoms with Crippen molar-refractivity contribution < 1.29 is 17.9 Å². The molecule has 0 fully saturated rings. The monoisotopic (exact) mass is 314 g/mol. The number of carbonyl (C=O) groups is 1. The molecule has 0 unspecified atom stereocenters. The zero-order valence-corrected chi connectivity index (χ0v) is 13.6. The molecular weight excluding hydrogens is 292 g/mol. The van der Waals surface area contributed by atoms with E-state index in [-0.39, 0.29) is 17.8 Å². The first-order chi connectivity index (χ1) is 9.60. The highest BCUT2D eigenvalue weighted by atomic mass is 32.2. The van der Waals surface area contributed by atoms with Gasteiger partial charge in [-0.25, -0.2) is 8.42 Å². The van der Waals surface area contributed by atoms with E-state index in [0.29, 0.717) is 12.4 Å². The lowest BCUT2D eigenvalue weighted by molar-refractivity contribution is 0.0947. The number of hydrogen-bond donors (Lipinski definition) is 2. The molecule has 3 N–H and O–H groups in total. The van der Waals surface area contributed by atoms with Gasteiger partial charge in [-0.3, -0.25) is 4.79 Å². The summed E-state index contributed by atoms with van der Waals surface area (Å²) in [6.45, 7) is 5.31. The number of nitrogen functional groups attached to an aromatic ring is 1. The largest absolute Gasteiger partial charge is 0.493 e. The molecule has 0 radical (unpaired) electrons. The Hall–Kier alpha value is -1.76. The molecule has 0 aliphatic rings. The minimum atomic E-state index is -3.29. The first-order valence-electron chi connectivity index (χ1n) is 6.59. The molecule has 7 heteroatoms. The van der Waals surface area contributed by atoms with Crippen LogP contribution < -0.4 is 15.8 Å². The topological polar surface area (TPSA) is 98.5 Å². The van der Waals surface area contributed by atoms with Crippen LogP contribution in [0.25, 0.3) is 0 Å². The fourth-order valence-electron chi connectivity index (χ4n) is 1.58. The number of ether oxygens (including phenoxy) is 1. The van der Waals surface area contributed by atoms with Gasteiger partial charge in [-0.2, -0.15) is 0 Å². The van der Waals surface area contributed by atoms with Crippen molar-refractivity contribution in [1.29, 1.82) is 0 Å². The summed E-state index contributed by atoms with van der Waals surface area (Å²) in [7, 11) is -3.29. The predicted molar refractivity (Wildman–Crippen MR) is 83.3 cm³/mol. The molecule has 0 saturated heterocycles. The van der Waals surface area contributed by atoms with E-state index in [2.05, 4.69) is 5.32 Å². The molecule has 1 rings (SSSR count). The van der Waals surface area contributed by atoms with Crippen LogP contribution in [0.2, 0.25) is 0 Å². The molecule has 0 heterocycles. The summed E-state index contributed by atoms with van der Waals surface area (Å²) in [6, 6.07) is 4.94. The van der Waals surface area contributed by atoms with Crippen LogP contribution in [0.1, 0.15) is 31.1 Å². The van der Waals surface area contributed by atoms with E-state index >= 15 is 0 Å². The third kappa shape index (κ3) is 4.10. The van der Waals surface area contributed by atoms with E-state index in [1.165, 1.54) is 0 Å². The highest BCUT2D eigenvalue weighted by Crippen LogP contribution is 2.24. The van der Waals surface area contributed by atoms with Crippen LogP contribution in [-0.4, -0.2) is 38.5 Å². The maximum Gasteiger partial charge on any atom is 0.257 e. The van der Waals surface area contributed by atoms with E-state index in [4.69, 9.17) is 10.5 Å². The van der Waals surface area contributed by atoms with Crippen molar-refractivity contribution in [3.63, 3.8) is 0 Å². The Morgan fingerprint density at radius 3 is 2.52 bits per heavy atom. The fourth-order valence-corrected chi connectivity index (χ4v) is 1.91. The van der Waals surface area contributed by atoms with Gasteiger partial charge in [0.05, 0.1) is 11.4 Å². The SMILES string of the molecule is CCOc1cccc(N)c1C(=O)NCC(C)(C)S(C)(=O)=O. The molecule has 1 aromatic rings. The number of anilines is 1. The van der Waals surface area contributed by atoms with Gasteiger partial charge >= 0.3 is 0 Å². The molecule has 1 aromatic carbocycles. The van der Waals surface area contributed by atoms with Gasteiger partial charge < -0.3 is 15.8 Å². The number of nitrogens with one attached hydrogen (secondary N) is 1. The Kier molecular flexibility index (Phi) is 5.22. The summed E-state index contributed by atoms with van der Waals surface area (Å²) < 4.78 is 27.6. The Morgan fingerprint density at radius 2 is 2.00 bits per heavy atom. The summed E-state index contributed by atoms with van der Waals surface area (Å²) >= 11 is 0. The second kappa shape index (κ2) is 6.34. The molecule has 0 aliphatic carbocycles. The van der Waals surface area contributed by atoms with Gasteiger partial charge in [0, 0.05) is 18.5 Å². The first-order valence-corrected chi connectivity index (χ1v) is 8.48. The number of hydrogen-bond acceptors (Lipinski definition) is 5. The summed E-state index contributed by atoms with van der Waals surface area (Å²) in [6.07, 6.45) is 1.14. The fraction of sp³-hybridized carbons (Fsp3) is 0.500. The molecule has 0 bridgehead atoms. The van der Waals surface area contributed by atoms with Gasteiger partial charge in [0.1, 0.15) is 11.3 Å². The molecular formula is C14H22N2O4S. The number of carbonyl (C=O) groups excluding carboxylic acids is 1. The third-order valence-electron chi connectivity index (χ3n) is 3.26. The Balaban J connectivity index is 2.96. The molecule has 0 spiro atoms. The van der Waals surface area contributed by atoms with E-state index in [1.807, 2.05) is 0 Å². The summed E-state index contributed by atoms with van der Waals surface area (Å²) in [5.74, 6) is -0.0690. The van der Waals surface area contributed by atoms with Crippen LogP contribution in [0.15, 0.2) is 18.2 Å². The van der Waals surface area contributed by atoms with E-state index < -0.39 is 20.5 Å². The van der Waals surface area contributed by atoms with E-state index in [9.17, 15) is 13.2 Å². The average Bonchev–Trinajstić information content (AvgIpc) is 2.35. The summed E-state index contributed by atoms with van der Waals surface area (Å²) in [4.78, 5) is 12.3. The van der Waals surface area contributed by atoms with Gasteiger partial charge in [0.15, 0.2) is 9.84 Å². The van der Waals surface area contributed by atoms with Gasteiger partial charge in [-0.1, -0.05) is 6.07 Å². The number of rotatable bonds is 6. The van der Waals surface area contributed by atoms with Crippen LogP contribution in [-0.2, 0) is 9.84 Å². The van der Waals surface area contributed by atoms with Gasteiger partial charge in [-0.15, -0.1) is 0 Å². The molecule has 118 valence electrons. The summed E-state index contributed by atoms with van der Waals surface area (Å²) in [5.41, 5.74) is 6.33. The number of sulfone groups is 1. The number of amides is 1. The molecule has 6 nitrogen and oxygen atoms in total. The maximum absolute atomic E-state index is 12.3. The zero-order chi connectivity index (χ0) is 16.3. The van der Waals surface area contributed by atoms with Crippen molar-refractivity contribution in [2.75, 3.05) is 25.1 Å². The molecule has 0 aliphatic heterocycles. The van der Waals surface area contributed by atoms with Crippen molar-refractivity contribution in [2.45, 2.75) is 25.5 Å². The molecule has 0 atom stereocenters. The number of benzene rings is 1. The van der Waals surface area contributed by atoms with Gasteiger partial charge in [-0.05, 0) is 32.9 Å². The van der Waals surface area contributed by atoms with Crippen LogP contribution in [0.3, 0.4) is 0 Å². The van der Waals surface area contributed by atoms with Crippen LogP contribution in [0, 0.1) is 0 Å². The van der Waals surface area contributed by atoms with Crippen LogP contribution in [0.5, 0.6) is 5.75 Å². The lowest BCUT2D eigenvalue weighted by Gasteiger charge is -2.23. The van der Waals surface area contributed by atoms with Crippen molar-refractivity contribution in [3.8, 4) is 5.75 Å². The van der Waals surface area contributed by atoms with Crippen LogP contribution in [0.4, 0.5) is 5.69 Å². The van der Waals surface area contributed by atoms with Gasteiger partial charge in [0.25, 0.3) is 5.91 Å². The lowest BCUT2D eigenvalue weighted by Crippen LogP contribution is -2.44. The molecule has 1 amide bonds. The zero-order valence-electron chi connectivity index (χ0n) is 12.8. The van der Waals surface area contributed by atoms with Crippen molar-refractivity contribution >= 4 is 21.4 Å². The Bertz CT molecular complexity index is 624. The normalized spacial score (nSPS) is 12.0. The van der Waals surface area contributed by atoms with E-state index in [1.54, 1.807) is 39.0 Å². The third-order valence-corrected chi connectivity index (χ3v) is 5.42. The highest BCUT2D eigenvalue weighted by Gasteiger charge is 2.31. The highest BCUT2D eigenvalue weighted by molar-refractivity contribution is 7.92. The van der Waals surface area contributed by atoms with Crippen molar-refractivity contribution in [3.05, 3.63) is 23.8 Å². The van der Waals surface area contributed by atoms with Crippen molar-refractivity contribution in [1.82, 2.24) is 5.32 Å². The first kappa shape index (κ1) is 17.3. The summed E-state index contributed by atoms with van der Waals surface area (Å²) in [5, 5.41) is 2.61. The smallest absolute Gasteiger partial charge is 0.257 e. The van der Waals surface area contributed by atoms with Crippen LogP contribution >= 0.6 is 0 Å². The Labute approximate surface area is 125 Å². The lowest BCUT2D eigenvalue weighted by atomic mass is 10.1. The minimum absolute atomic E-state index is 0.00936. The molecule has 21 heavy (non-hydrogen) atoms. The molecule has 0 aromatic heterocycles. The average molecular weight is 314 g/mol. The quantitative estimate of drug-likeness (QED) is 0.769. The second-order valence-corrected chi connectivity index (χ2v) is 8.02. The van der Waals surface area contributed by atoms with Crippen molar-refractivity contribution in [2.24, 2.45) is 0 Å². The molecule has 0 saturated carbocycles. The Morgan fingerprint density at radius 1 is 1.38 bits per heavy atom. The number of nitrogens with two attached hydrogens (primary N) is 1. The minimum Gasteiger partial charge on any atom is -0.493 e. The second-order valence-electron chi connectivity index (χ2n) is 5.37. The predicted octanol–water partition coefficient (Wildman–Crippen LogP) is 1.22. The standard InChI is InChI=1S/C14H22N2O4S/c1-5-20-11-8-6-7-10(15)12(11)13(17)16-9-14(2,3)21(4,18)19/h6-8H,5,9,15H2,1-4H3,(H,16,17). The van der Waals surface area contributed by atoms with Gasteiger partial charge in [0.2, 0.25) is 0 Å².